The lowest BCUT2D eigenvalue weighted by atomic mass is 9.78. The van der Waals surface area contributed by atoms with Crippen molar-refractivity contribution in [3.63, 3.8) is 0 Å². The second-order valence-electron chi connectivity index (χ2n) is 6.37. The summed E-state index contributed by atoms with van der Waals surface area (Å²) >= 11 is 0. The van der Waals surface area contributed by atoms with Crippen molar-refractivity contribution in [3.05, 3.63) is 35.4 Å². The van der Waals surface area contributed by atoms with Crippen LogP contribution in [0.3, 0.4) is 0 Å². The van der Waals surface area contributed by atoms with Gasteiger partial charge >= 0.3 is 6.18 Å². The largest absolute Gasteiger partial charge is 0.416 e. The summed E-state index contributed by atoms with van der Waals surface area (Å²) < 4.78 is 38.4. The zero-order valence-electron chi connectivity index (χ0n) is 12.4. The van der Waals surface area contributed by atoms with Crippen LogP contribution in [0.15, 0.2) is 24.3 Å². The van der Waals surface area contributed by atoms with Crippen LogP contribution in [0.25, 0.3) is 0 Å². The molecular weight excluding hydrogens is 291 g/mol. The van der Waals surface area contributed by atoms with Crippen molar-refractivity contribution in [3.8, 4) is 0 Å². The van der Waals surface area contributed by atoms with E-state index in [1.807, 2.05) is 4.90 Å². The Morgan fingerprint density at radius 1 is 1.14 bits per heavy atom. The molecule has 1 aromatic carbocycles. The van der Waals surface area contributed by atoms with Crippen LogP contribution in [-0.4, -0.2) is 16.8 Å². The highest BCUT2D eigenvalue weighted by atomic mass is 19.4. The monoisotopic (exact) mass is 311 g/mol. The summed E-state index contributed by atoms with van der Waals surface area (Å²) in [5, 5.41) is 0. The molecule has 0 aromatic heterocycles. The van der Waals surface area contributed by atoms with Crippen molar-refractivity contribution in [2.24, 2.45) is 5.92 Å². The van der Waals surface area contributed by atoms with E-state index in [0.717, 1.165) is 31.7 Å². The number of carbonyl (C=O) groups is 1. The Bertz CT molecular complexity index is 555. The summed E-state index contributed by atoms with van der Waals surface area (Å²) in [6, 6.07) is 5.55. The first-order valence-electron chi connectivity index (χ1n) is 7.91. The van der Waals surface area contributed by atoms with Gasteiger partial charge in [-0.3, -0.25) is 4.79 Å². The number of carbonyl (C=O) groups excluding carboxylic acids is 1. The van der Waals surface area contributed by atoms with Crippen LogP contribution in [-0.2, 0) is 17.5 Å². The van der Waals surface area contributed by atoms with E-state index >= 15 is 0 Å². The smallest absolute Gasteiger partial charge is 0.335 e. The molecule has 2 fully saturated rings. The zero-order chi connectivity index (χ0) is 15.7. The fraction of sp³-hybridized carbons (Fsp3) is 0.588. The molecule has 1 saturated heterocycles. The number of amides is 1. The fourth-order valence-corrected chi connectivity index (χ4v) is 3.82. The molecule has 1 saturated carbocycles. The molecule has 1 heterocycles. The molecule has 1 amide bonds. The Kier molecular flexibility index (Phi) is 4.15. The molecule has 2 aliphatic rings. The van der Waals surface area contributed by atoms with E-state index in [1.54, 1.807) is 6.07 Å². The number of halogens is 3. The lowest BCUT2D eigenvalue weighted by Crippen LogP contribution is -2.49. The third-order valence-electron chi connectivity index (χ3n) is 4.93. The number of fused-ring (bicyclic) bond motifs is 1. The molecular formula is C17H20F3NO. The Labute approximate surface area is 128 Å². The Balaban J connectivity index is 1.80. The van der Waals surface area contributed by atoms with Gasteiger partial charge in [-0.1, -0.05) is 25.0 Å². The van der Waals surface area contributed by atoms with Gasteiger partial charge in [0.15, 0.2) is 0 Å². The molecule has 5 heteroatoms. The zero-order valence-corrected chi connectivity index (χ0v) is 12.4. The Morgan fingerprint density at radius 2 is 1.91 bits per heavy atom. The SMILES string of the molecule is O=C1CC[C@@H]2CCCC[C@H]2N1Cc1cccc(C(F)(F)F)c1. The molecule has 2 atom stereocenters. The van der Waals surface area contributed by atoms with Crippen molar-refractivity contribution in [2.45, 2.75) is 57.3 Å². The van der Waals surface area contributed by atoms with Gasteiger partial charge in [0.25, 0.3) is 0 Å². The molecule has 0 N–H and O–H groups in total. The van der Waals surface area contributed by atoms with E-state index < -0.39 is 11.7 Å². The van der Waals surface area contributed by atoms with Gasteiger partial charge in [0.05, 0.1) is 5.56 Å². The Hall–Kier alpha value is -1.52. The number of benzene rings is 1. The maximum Gasteiger partial charge on any atom is 0.416 e. The van der Waals surface area contributed by atoms with Crippen LogP contribution in [0.5, 0.6) is 0 Å². The number of alkyl halides is 3. The van der Waals surface area contributed by atoms with Crippen LogP contribution < -0.4 is 0 Å². The summed E-state index contributed by atoms with van der Waals surface area (Å²) in [4.78, 5) is 14.1. The highest BCUT2D eigenvalue weighted by molar-refractivity contribution is 5.77. The highest BCUT2D eigenvalue weighted by Gasteiger charge is 2.37. The molecule has 1 aromatic rings. The Morgan fingerprint density at radius 3 is 2.68 bits per heavy atom. The van der Waals surface area contributed by atoms with E-state index in [-0.39, 0.29) is 11.9 Å². The van der Waals surface area contributed by atoms with E-state index in [1.165, 1.54) is 18.6 Å². The summed E-state index contributed by atoms with van der Waals surface area (Å²) in [7, 11) is 0. The van der Waals surface area contributed by atoms with Crippen molar-refractivity contribution in [1.29, 1.82) is 0 Å². The summed E-state index contributed by atoms with van der Waals surface area (Å²) in [5.74, 6) is 0.609. The number of hydrogen-bond acceptors (Lipinski definition) is 1. The van der Waals surface area contributed by atoms with Gasteiger partial charge in [0, 0.05) is 19.0 Å². The lowest BCUT2D eigenvalue weighted by molar-refractivity contribution is -0.140. The van der Waals surface area contributed by atoms with Gasteiger partial charge in [-0.15, -0.1) is 0 Å². The standard InChI is InChI=1S/C17H20F3NO/c18-17(19,20)14-6-3-4-12(10-14)11-21-15-7-2-1-5-13(15)8-9-16(21)22/h3-4,6,10,13,15H,1-2,5,7-9,11H2/t13-,15+/m0/s1. The molecule has 120 valence electrons. The normalized spacial score (nSPS) is 26.0. The van der Waals surface area contributed by atoms with E-state index in [0.29, 0.717) is 24.4 Å². The van der Waals surface area contributed by atoms with E-state index in [4.69, 9.17) is 0 Å². The third kappa shape index (κ3) is 3.13. The predicted molar refractivity (Wildman–Crippen MR) is 77.0 cm³/mol. The first kappa shape index (κ1) is 15.4. The van der Waals surface area contributed by atoms with Gasteiger partial charge in [0.2, 0.25) is 5.91 Å². The molecule has 0 spiro atoms. The minimum absolute atomic E-state index is 0.0839. The molecule has 2 nitrogen and oxygen atoms in total. The molecule has 0 bridgehead atoms. The summed E-state index contributed by atoms with van der Waals surface area (Å²) in [6.45, 7) is 0.296. The minimum atomic E-state index is -4.34. The maximum atomic E-state index is 12.8. The van der Waals surface area contributed by atoms with Crippen LogP contribution in [0, 0.1) is 5.92 Å². The van der Waals surface area contributed by atoms with Gasteiger partial charge < -0.3 is 4.90 Å². The quantitative estimate of drug-likeness (QED) is 0.793. The van der Waals surface area contributed by atoms with E-state index in [2.05, 4.69) is 0 Å². The first-order chi connectivity index (χ1) is 10.4. The molecule has 1 aliphatic heterocycles. The van der Waals surface area contributed by atoms with Gasteiger partial charge in [-0.25, -0.2) is 0 Å². The number of nitrogens with zero attached hydrogens (tertiary/aromatic N) is 1. The van der Waals surface area contributed by atoms with Crippen molar-refractivity contribution in [1.82, 2.24) is 4.90 Å². The summed E-state index contributed by atoms with van der Waals surface area (Å²) in [5.41, 5.74) is -0.0796. The van der Waals surface area contributed by atoms with Gasteiger partial charge in [0.1, 0.15) is 0 Å². The van der Waals surface area contributed by atoms with Crippen molar-refractivity contribution >= 4 is 5.91 Å². The topological polar surface area (TPSA) is 20.3 Å². The predicted octanol–water partition coefficient (Wildman–Crippen LogP) is 4.39. The number of rotatable bonds is 2. The average molecular weight is 311 g/mol. The number of piperidine rings is 1. The second kappa shape index (κ2) is 5.94. The molecule has 0 unspecified atom stereocenters. The van der Waals surface area contributed by atoms with Crippen LogP contribution in [0.4, 0.5) is 13.2 Å². The first-order valence-corrected chi connectivity index (χ1v) is 7.91. The third-order valence-corrected chi connectivity index (χ3v) is 4.93. The van der Waals surface area contributed by atoms with E-state index in [9.17, 15) is 18.0 Å². The van der Waals surface area contributed by atoms with Crippen LogP contribution in [0.2, 0.25) is 0 Å². The van der Waals surface area contributed by atoms with Crippen LogP contribution in [0.1, 0.15) is 49.7 Å². The second-order valence-corrected chi connectivity index (χ2v) is 6.37. The number of hydrogen-bond donors (Lipinski definition) is 0. The molecule has 1 aliphatic carbocycles. The minimum Gasteiger partial charge on any atom is -0.335 e. The average Bonchev–Trinajstić information content (AvgIpc) is 2.50. The van der Waals surface area contributed by atoms with Gasteiger partial charge in [-0.2, -0.15) is 13.2 Å². The fourth-order valence-electron chi connectivity index (χ4n) is 3.82. The van der Waals surface area contributed by atoms with Gasteiger partial charge in [-0.05, 0) is 42.9 Å². The lowest BCUT2D eigenvalue weighted by Gasteiger charge is -2.44. The van der Waals surface area contributed by atoms with Crippen molar-refractivity contribution < 1.29 is 18.0 Å². The molecule has 0 radical (unpaired) electrons. The maximum absolute atomic E-state index is 12.8. The highest BCUT2D eigenvalue weighted by Crippen LogP contribution is 2.37. The number of likely N-dealkylation sites (tertiary alicyclic amines) is 1. The van der Waals surface area contributed by atoms with Crippen molar-refractivity contribution in [2.75, 3.05) is 0 Å². The molecule has 22 heavy (non-hydrogen) atoms. The van der Waals surface area contributed by atoms with Crippen LogP contribution >= 0.6 is 0 Å². The molecule has 3 rings (SSSR count). The summed E-state index contributed by atoms with van der Waals surface area (Å²) in [6.07, 6.45) is 1.55.